The van der Waals surface area contributed by atoms with Crippen LogP contribution in [0.2, 0.25) is 0 Å². The number of anilines is 1. The Morgan fingerprint density at radius 3 is 2.13 bits per heavy atom. The number of para-hydroxylation sites is 1. The van der Waals surface area contributed by atoms with Gasteiger partial charge in [0, 0.05) is 12.1 Å². The van der Waals surface area contributed by atoms with Crippen molar-refractivity contribution in [3.05, 3.63) is 60.2 Å². The van der Waals surface area contributed by atoms with Gasteiger partial charge in [-0.15, -0.1) is 0 Å². The van der Waals surface area contributed by atoms with Crippen LogP contribution in [0, 0.1) is 0 Å². The van der Waals surface area contributed by atoms with Crippen LogP contribution >= 0.6 is 0 Å². The highest BCUT2D eigenvalue weighted by Crippen LogP contribution is 2.24. The summed E-state index contributed by atoms with van der Waals surface area (Å²) in [6.45, 7) is 3.91. The molecule has 2 aromatic carbocycles. The van der Waals surface area contributed by atoms with Crippen molar-refractivity contribution in [1.82, 2.24) is 0 Å². The lowest BCUT2D eigenvalue weighted by molar-refractivity contribution is 0.101. The predicted molar refractivity (Wildman–Crippen MR) is 92.3 cm³/mol. The van der Waals surface area contributed by atoms with Crippen LogP contribution in [0.3, 0.4) is 0 Å². The molecule has 0 amide bonds. The van der Waals surface area contributed by atoms with E-state index in [2.05, 4.69) is 0 Å². The fourth-order valence-electron chi connectivity index (χ4n) is 2.27. The fourth-order valence-corrected chi connectivity index (χ4v) is 3.78. The van der Waals surface area contributed by atoms with E-state index in [1.165, 1.54) is 23.4 Å². The van der Waals surface area contributed by atoms with Gasteiger partial charge in [0.25, 0.3) is 10.0 Å². The third kappa shape index (κ3) is 3.99. The summed E-state index contributed by atoms with van der Waals surface area (Å²) in [6.07, 6.45) is 1.68. The van der Waals surface area contributed by atoms with E-state index in [-0.39, 0.29) is 10.7 Å². The van der Waals surface area contributed by atoms with Gasteiger partial charge in [0.05, 0.1) is 10.6 Å². The Kier molecular flexibility index (Phi) is 5.55. The quantitative estimate of drug-likeness (QED) is 0.723. The van der Waals surface area contributed by atoms with Crippen molar-refractivity contribution in [2.45, 2.75) is 31.6 Å². The van der Waals surface area contributed by atoms with Crippen LogP contribution in [0.25, 0.3) is 0 Å². The lowest BCUT2D eigenvalue weighted by Crippen LogP contribution is -2.32. The van der Waals surface area contributed by atoms with Gasteiger partial charge in [-0.3, -0.25) is 9.10 Å². The summed E-state index contributed by atoms with van der Waals surface area (Å²) < 4.78 is 27.4. The van der Waals surface area contributed by atoms with Crippen molar-refractivity contribution in [3.63, 3.8) is 0 Å². The third-order valence-corrected chi connectivity index (χ3v) is 5.45. The maximum atomic E-state index is 13.0. The van der Waals surface area contributed by atoms with E-state index in [4.69, 9.17) is 0 Å². The van der Waals surface area contributed by atoms with Crippen LogP contribution in [0.1, 0.15) is 37.0 Å². The van der Waals surface area contributed by atoms with Crippen LogP contribution in [-0.4, -0.2) is 20.7 Å². The zero-order chi connectivity index (χ0) is 16.9. The number of carbonyl (C=O) groups excluding carboxylic acids is 1. The molecule has 0 aliphatic rings. The van der Waals surface area contributed by atoms with E-state index in [0.717, 1.165) is 12.8 Å². The Balaban J connectivity index is 2.41. The second kappa shape index (κ2) is 7.42. The monoisotopic (exact) mass is 331 g/mol. The molecular weight excluding hydrogens is 310 g/mol. The van der Waals surface area contributed by atoms with Crippen LogP contribution in [-0.2, 0) is 10.0 Å². The van der Waals surface area contributed by atoms with Crippen molar-refractivity contribution in [2.75, 3.05) is 10.8 Å². The molecule has 23 heavy (non-hydrogen) atoms. The van der Waals surface area contributed by atoms with Gasteiger partial charge >= 0.3 is 0 Å². The van der Waals surface area contributed by atoms with Gasteiger partial charge in [0.15, 0.2) is 5.78 Å². The molecule has 0 unspecified atom stereocenters. The number of ketones is 1. The molecule has 0 fully saturated rings. The molecule has 122 valence electrons. The maximum absolute atomic E-state index is 13.0. The summed E-state index contributed by atoms with van der Waals surface area (Å²) in [5.74, 6) is -0.0835. The minimum absolute atomic E-state index is 0.0835. The minimum atomic E-state index is -3.65. The molecule has 0 aromatic heterocycles. The zero-order valence-electron chi connectivity index (χ0n) is 13.4. The Morgan fingerprint density at radius 1 is 1.00 bits per heavy atom. The number of rotatable bonds is 7. The Labute approximate surface area is 137 Å². The summed E-state index contributed by atoms with van der Waals surface area (Å²) in [7, 11) is -3.65. The van der Waals surface area contributed by atoms with Crippen molar-refractivity contribution in [3.8, 4) is 0 Å². The van der Waals surface area contributed by atoms with Crippen molar-refractivity contribution >= 4 is 21.5 Å². The Bertz CT molecular complexity index is 753. The SMILES string of the molecule is CCCCN(c1ccccc1)S(=O)(=O)c1ccc(C(C)=O)cc1. The van der Waals surface area contributed by atoms with Gasteiger partial charge < -0.3 is 0 Å². The predicted octanol–water partition coefficient (Wildman–Crippen LogP) is 3.88. The lowest BCUT2D eigenvalue weighted by atomic mass is 10.2. The number of Topliss-reactive ketones (excluding diaryl/α,β-unsaturated/α-hetero) is 1. The number of unbranched alkanes of at least 4 members (excludes halogenated alkanes) is 1. The molecule has 0 heterocycles. The number of sulfonamides is 1. The number of benzene rings is 2. The van der Waals surface area contributed by atoms with E-state index in [1.54, 1.807) is 24.3 Å². The molecule has 2 rings (SSSR count). The minimum Gasteiger partial charge on any atom is -0.295 e. The zero-order valence-corrected chi connectivity index (χ0v) is 14.2. The van der Waals surface area contributed by atoms with Gasteiger partial charge in [0.1, 0.15) is 0 Å². The second-order valence-electron chi connectivity index (χ2n) is 5.35. The molecule has 0 N–H and O–H groups in total. The van der Waals surface area contributed by atoms with Gasteiger partial charge in [-0.2, -0.15) is 0 Å². The average Bonchev–Trinajstić information content (AvgIpc) is 2.56. The normalized spacial score (nSPS) is 11.2. The van der Waals surface area contributed by atoms with Crippen LogP contribution < -0.4 is 4.31 Å². The lowest BCUT2D eigenvalue weighted by Gasteiger charge is -2.24. The molecule has 0 radical (unpaired) electrons. The molecule has 0 atom stereocenters. The Morgan fingerprint density at radius 2 is 1.61 bits per heavy atom. The van der Waals surface area contributed by atoms with Gasteiger partial charge in [-0.05, 0) is 37.6 Å². The van der Waals surface area contributed by atoms with Crippen molar-refractivity contribution in [2.24, 2.45) is 0 Å². The largest absolute Gasteiger partial charge is 0.295 e. The number of hydrogen-bond donors (Lipinski definition) is 0. The van der Waals surface area contributed by atoms with Crippen molar-refractivity contribution < 1.29 is 13.2 Å². The highest BCUT2D eigenvalue weighted by molar-refractivity contribution is 7.92. The molecule has 0 bridgehead atoms. The highest BCUT2D eigenvalue weighted by atomic mass is 32.2. The standard InChI is InChI=1S/C18H21NO3S/c1-3-4-14-19(17-8-6-5-7-9-17)23(21,22)18-12-10-16(11-13-18)15(2)20/h5-13H,3-4,14H2,1-2H3. The van der Waals surface area contributed by atoms with E-state index in [0.29, 0.717) is 17.8 Å². The van der Waals surface area contributed by atoms with E-state index in [9.17, 15) is 13.2 Å². The van der Waals surface area contributed by atoms with Crippen LogP contribution in [0.5, 0.6) is 0 Å². The summed E-state index contributed by atoms with van der Waals surface area (Å²) >= 11 is 0. The number of nitrogens with zero attached hydrogens (tertiary/aromatic N) is 1. The molecule has 0 saturated carbocycles. The number of carbonyl (C=O) groups is 1. The molecule has 0 aliphatic heterocycles. The first kappa shape index (κ1) is 17.2. The summed E-state index contributed by atoms with van der Waals surface area (Å²) in [4.78, 5) is 11.5. The molecule has 0 saturated heterocycles. The third-order valence-electron chi connectivity index (χ3n) is 3.61. The first-order valence-electron chi connectivity index (χ1n) is 7.65. The van der Waals surface area contributed by atoms with Gasteiger partial charge in [-0.1, -0.05) is 43.7 Å². The molecule has 5 heteroatoms. The molecular formula is C18H21NO3S. The number of hydrogen-bond acceptors (Lipinski definition) is 3. The summed E-state index contributed by atoms with van der Waals surface area (Å²) in [5.41, 5.74) is 1.15. The average molecular weight is 331 g/mol. The van der Waals surface area contributed by atoms with Gasteiger partial charge in [0.2, 0.25) is 0 Å². The highest BCUT2D eigenvalue weighted by Gasteiger charge is 2.24. The maximum Gasteiger partial charge on any atom is 0.264 e. The first-order valence-corrected chi connectivity index (χ1v) is 9.09. The van der Waals surface area contributed by atoms with E-state index >= 15 is 0 Å². The summed E-state index contributed by atoms with van der Waals surface area (Å²) in [6, 6.07) is 15.2. The Hall–Kier alpha value is -2.14. The first-order chi connectivity index (χ1) is 11.0. The van der Waals surface area contributed by atoms with Crippen LogP contribution in [0.4, 0.5) is 5.69 Å². The fraction of sp³-hybridized carbons (Fsp3) is 0.278. The molecule has 4 nitrogen and oxygen atoms in total. The van der Waals surface area contributed by atoms with E-state index < -0.39 is 10.0 Å². The molecule has 0 aliphatic carbocycles. The topological polar surface area (TPSA) is 54.5 Å². The van der Waals surface area contributed by atoms with Crippen LogP contribution in [0.15, 0.2) is 59.5 Å². The smallest absolute Gasteiger partial charge is 0.264 e. The van der Waals surface area contributed by atoms with E-state index in [1.807, 2.05) is 25.1 Å². The summed E-state index contributed by atoms with van der Waals surface area (Å²) in [5, 5.41) is 0. The van der Waals surface area contributed by atoms with Gasteiger partial charge in [-0.25, -0.2) is 8.42 Å². The molecule has 2 aromatic rings. The molecule has 0 spiro atoms. The second-order valence-corrected chi connectivity index (χ2v) is 7.21. The van der Waals surface area contributed by atoms with Crippen molar-refractivity contribution in [1.29, 1.82) is 0 Å².